The van der Waals surface area contributed by atoms with Gasteiger partial charge >= 0.3 is 0 Å². The van der Waals surface area contributed by atoms with Gasteiger partial charge in [0.25, 0.3) is 0 Å². The maximum atomic E-state index is 11.8. The van der Waals surface area contributed by atoms with E-state index in [1.165, 1.54) is 0 Å². The Bertz CT molecular complexity index is 1390. The molecule has 4 heterocycles. The molecule has 9 heteroatoms. The maximum absolute atomic E-state index is 11.8. The summed E-state index contributed by atoms with van der Waals surface area (Å²) in [6.45, 7) is 13.0. The lowest BCUT2D eigenvalue weighted by molar-refractivity contribution is -0.129. The summed E-state index contributed by atoms with van der Waals surface area (Å²) in [4.78, 5) is 30.3. The van der Waals surface area contributed by atoms with Crippen LogP contribution in [-0.4, -0.2) is 61.7 Å². The fraction of sp³-hybridized carbons (Fsp3) is 0.444. The first-order chi connectivity index (χ1) is 17.3. The van der Waals surface area contributed by atoms with E-state index in [1.807, 2.05) is 40.2 Å². The van der Waals surface area contributed by atoms with Crippen LogP contribution in [0.1, 0.15) is 52.3 Å². The fourth-order valence-corrected chi connectivity index (χ4v) is 4.62. The molecule has 188 valence electrons. The Kier molecular flexibility index (Phi) is 6.47. The van der Waals surface area contributed by atoms with Gasteiger partial charge in [0.2, 0.25) is 11.9 Å². The van der Waals surface area contributed by atoms with Gasteiger partial charge in [0, 0.05) is 44.7 Å². The van der Waals surface area contributed by atoms with E-state index in [4.69, 9.17) is 15.1 Å². The molecule has 1 aromatic carbocycles. The summed E-state index contributed by atoms with van der Waals surface area (Å²) >= 11 is 0. The van der Waals surface area contributed by atoms with E-state index in [2.05, 4.69) is 55.0 Å². The van der Waals surface area contributed by atoms with Crippen LogP contribution in [-0.2, 0) is 4.79 Å². The first-order valence-electron chi connectivity index (χ1n) is 12.7. The van der Waals surface area contributed by atoms with Crippen molar-refractivity contribution in [2.75, 3.05) is 36.4 Å². The number of anilines is 2. The molecule has 36 heavy (non-hydrogen) atoms. The number of carbonyl (C=O) groups is 1. The van der Waals surface area contributed by atoms with Gasteiger partial charge in [-0.05, 0) is 37.5 Å². The summed E-state index contributed by atoms with van der Waals surface area (Å²) in [5.41, 5.74) is 3.78. The molecule has 3 aromatic heterocycles. The highest BCUT2D eigenvalue weighted by atomic mass is 16.2. The molecule has 1 amide bonds. The molecule has 5 rings (SSSR count). The molecule has 1 aliphatic heterocycles. The SMILES string of the molecule is CC(=O)N1CCN(c2nc(N[C@H](C)c3cnc4ccccc4c3)c3c(cnn3C(C)C(C)C)n2)CC1. The van der Waals surface area contributed by atoms with Crippen molar-refractivity contribution in [2.24, 2.45) is 5.92 Å². The number of hydrogen-bond acceptors (Lipinski definition) is 7. The van der Waals surface area contributed by atoms with Gasteiger partial charge in [-0.1, -0.05) is 32.0 Å². The number of rotatable bonds is 6. The molecular weight excluding hydrogens is 452 g/mol. The maximum Gasteiger partial charge on any atom is 0.228 e. The molecule has 1 N–H and O–H groups in total. The highest BCUT2D eigenvalue weighted by molar-refractivity contribution is 5.87. The second-order valence-electron chi connectivity index (χ2n) is 10.0. The first-order valence-corrected chi connectivity index (χ1v) is 12.7. The zero-order chi connectivity index (χ0) is 25.4. The standard InChI is InChI=1S/C27H34N8O/c1-17(2)19(4)35-25-24(16-29-35)31-27(34-12-10-33(11-13-34)20(5)36)32-26(25)30-18(3)22-14-21-8-6-7-9-23(21)28-15-22/h6-9,14-19H,10-13H2,1-5H3,(H,30,31,32)/t18-,19?/m1/s1. The van der Waals surface area contributed by atoms with E-state index in [-0.39, 0.29) is 18.0 Å². The van der Waals surface area contributed by atoms with Crippen LogP contribution < -0.4 is 10.2 Å². The Morgan fingerprint density at radius 1 is 0.972 bits per heavy atom. The van der Waals surface area contributed by atoms with Gasteiger partial charge in [-0.25, -0.2) is 4.98 Å². The molecule has 0 radical (unpaired) electrons. The van der Waals surface area contributed by atoms with Crippen molar-refractivity contribution in [2.45, 2.75) is 46.7 Å². The van der Waals surface area contributed by atoms with Crippen molar-refractivity contribution in [1.82, 2.24) is 29.6 Å². The van der Waals surface area contributed by atoms with Crippen LogP contribution in [0.5, 0.6) is 0 Å². The van der Waals surface area contributed by atoms with Crippen molar-refractivity contribution in [3.63, 3.8) is 0 Å². The Morgan fingerprint density at radius 2 is 1.72 bits per heavy atom. The number of amides is 1. The van der Waals surface area contributed by atoms with E-state index < -0.39 is 0 Å². The third-order valence-corrected chi connectivity index (χ3v) is 7.26. The zero-order valence-electron chi connectivity index (χ0n) is 21.6. The predicted octanol–water partition coefficient (Wildman–Crippen LogP) is 4.43. The Labute approximate surface area is 211 Å². The molecule has 4 aromatic rings. The molecule has 0 aliphatic carbocycles. The Morgan fingerprint density at radius 3 is 2.44 bits per heavy atom. The summed E-state index contributed by atoms with van der Waals surface area (Å²) in [5.74, 6) is 1.93. The van der Waals surface area contributed by atoms with Crippen LogP contribution in [0.15, 0.2) is 42.7 Å². The summed E-state index contributed by atoms with van der Waals surface area (Å²) in [5, 5.41) is 9.47. The monoisotopic (exact) mass is 486 g/mol. The average molecular weight is 487 g/mol. The fourth-order valence-electron chi connectivity index (χ4n) is 4.62. The average Bonchev–Trinajstić information content (AvgIpc) is 3.32. The summed E-state index contributed by atoms with van der Waals surface area (Å²) in [6, 6.07) is 10.5. The van der Waals surface area contributed by atoms with Crippen LogP contribution in [0.25, 0.3) is 21.9 Å². The van der Waals surface area contributed by atoms with Gasteiger partial charge in [0.05, 0.1) is 23.8 Å². The number of aromatic nitrogens is 5. The lowest BCUT2D eigenvalue weighted by atomic mass is 10.1. The van der Waals surface area contributed by atoms with Crippen LogP contribution in [0.3, 0.4) is 0 Å². The molecule has 0 bridgehead atoms. The number of nitrogens with one attached hydrogen (secondary N) is 1. The molecule has 0 spiro atoms. The molecule has 1 aliphatic rings. The second-order valence-corrected chi connectivity index (χ2v) is 10.0. The molecule has 2 atom stereocenters. The lowest BCUT2D eigenvalue weighted by Gasteiger charge is -2.34. The van der Waals surface area contributed by atoms with Crippen molar-refractivity contribution in [3.8, 4) is 0 Å². The van der Waals surface area contributed by atoms with Gasteiger partial charge in [-0.3, -0.25) is 14.5 Å². The first kappa shape index (κ1) is 24.0. The molecule has 1 saturated heterocycles. The topological polar surface area (TPSA) is 92.1 Å². The van der Waals surface area contributed by atoms with Gasteiger partial charge in [0.1, 0.15) is 11.0 Å². The highest BCUT2D eigenvalue weighted by Gasteiger charge is 2.25. The smallest absolute Gasteiger partial charge is 0.228 e. The number of hydrogen-bond donors (Lipinski definition) is 1. The Hall–Kier alpha value is -3.75. The molecule has 0 saturated carbocycles. The van der Waals surface area contributed by atoms with Crippen LogP contribution in [0.4, 0.5) is 11.8 Å². The van der Waals surface area contributed by atoms with Gasteiger partial charge in [0.15, 0.2) is 5.82 Å². The number of fused-ring (bicyclic) bond motifs is 2. The molecule has 1 fully saturated rings. The number of pyridine rings is 1. The van der Waals surface area contributed by atoms with Gasteiger partial charge in [-0.2, -0.15) is 10.1 Å². The van der Waals surface area contributed by atoms with E-state index in [9.17, 15) is 4.79 Å². The zero-order valence-corrected chi connectivity index (χ0v) is 21.6. The number of benzene rings is 1. The predicted molar refractivity (Wildman–Crippen MR) is 143 cm³/mol. The third kappa shape index (κ3) is 4.57. The largest absolute Gasteiger partial charge is 0.362 e. The minimum atomic E-state index is -0.0275. The van der Waals surface area contributed by atoms with Crippen molar-refractivity contribution in [3.05, 3.63) is 48.3 Å². The van der Waals surface area contributed by atoms with Crippen molar-refractivity contribution >= 4 is 39.6 Å². The molecular formula is C27H34N8O. The van der Waals surface area contributed by atoms with E-state index >= 15 is 0 Å². The van der Waals surface area contributed by atoms with Gasteiger partial charge < -0.3 is 15.1 Å². The van der Waals surface area contributed by atoms with E-state index in [1.54, 1.807) is 6.92 Å². The van der Waals surface area contributed by atoms with Crippen LogP contribution in [0.2, 0.25) is 0 Å². The van der Waals surface area contributed by atoms with Crippen LogP contribution >= 0.6 is 0 Å². The van der Waals surface area contributed by atoms with Crippen LogP contribution in [0, 0.1) is 5.92 Å². The van der Waals surface area contributed by atoms with E-state index in [0.29, 0.717) is 38.0 Å². The quantitative estimate of drug-likeness (QED) is 0.431. The number of piperazine rings is 1. The lowest BCUT2D eigenvalue weighted by Crippen LogP contribution is -2.48. The van der Waals surface area contributed by atoms with E-state index in [0.717, 1.165) is 33.3 Å². The minimum Gasteiger partial charge on any atom is -0.362 e. The third-order valence-electron chi connectivity index (χ3n) is 7.26. The second kappa shape index (κ2) is 9.72. The summed E-state index contributed by atoms with van der Waals surface area (Å²) < 4.78 is 2.03. The number of para-hydroxylation sites is 1. The van der Waals surface area contributed by atoms with Gasteiger partial charge in [-0.15, -0.1) is 0 Å². The van der Waals surface area contributed by atoms with Crippen molar-refractivity contribution < 1.29 is 4.79 Å². The summed E-state index contributed by atoms with van der Waals surface area (Å²) in [6.07, 6.45) is 3.76. The minimum absolute atomic E-state index is 0.0275. The molecule has 9 nitrogen and oxygen atoms in total. The highest BCUT2D eigenvalue weighted by Crippen LogP contribution is 2.31. The number of carbonyl (C=O) groups excluding carboxylic acids is 1. The normalized spacial score (nSPS) is 16.1. The molecule has 1 unspecified atom stereocenters. The summed E-state index contributed by atoms with van der Waals surface area (Å²) in [7, 11) is 0. The van der Waals surface area contributed by atoms with Crippen molar-refractivity contribution in [1.29, 1.82) is 0 Å². The number of nitrogens with zero attached hydrogens (tertiary/aromatic N) is 7. The Balaban J connectivity index is 1.52.